The molecule has 0 saturated carbocycles. The van der Waals surface area contributed by atoms with Crippen LogP contribution in [0.3, 0.4) is 0 Å². The Labute approximate surface area is 150 Å². The van der Waals surface area contributed by atoms with Crippen LogP contribution in [0.5, 0.6) is 0 Å². The van der Waals surface area contributed by atoms with Gasteiger partial charge in [0.2, 0.25) is 10.0 Å². The second-order valence-corrected chi connectivity index (χ2v) is 8.61. The molecular formula is C17H18BrFN2O2S. The maximum atomic E-state index is 13.0. The summed E-state index contributed by atoms with van der Waals surface area (Å²) in [5.41, 5.74) is 1.20. The van der Waals surface area contributed by atoms with Gasteiger partial charge in [0.25, 0.3) is 0 Å². The molecule has 0 atom stereocenters. The van der Waals surface area contributed by atoms with Crippen molar-refractivity contribution in [2.75, 3.05) is 26.2 Å². The van der Waals surface area contributed by atoms with Crippen LogP contribution in [0.2, 0.25) is 0 Å². The van der Waals surface area contributed by atoms with Crippen LogP contribution in [0.4, 0.5) is 4.39 Å². The average Bonchev–Trinajstić information content (AvgIpc) is 2.58. The molecule has 0 N–H and O–H groups in total. The summed E-state index contributed by atoms with van der Waals surface area (Å²) in [6.45, 7) is 3.04. The monoisotopic (exact) mass is 412 g/mol. The Hall–Kier alpha value is -1.28. The molecule has 0 bridgehead atoms. The van der Waals surface area contributed by atoms with Crippen LogP contribution < -0.4 is 0 Å². The lowest BCUT2D eigenvalue weighted by atomic mass is 10.2. The van der Waals surface area contributed by atoms with Gasteiger partial charge in [0.15, 0.2) is 0 Å². The fourth-order valence-corrected chi connectivity index (χ4v) is 4.42. The molecule has 1 saturated heterocycles. The summed E-state index contributed by atoms with van der Waals surface area (Å²) in [6, 6.07) is 13.1. The SMILES string of the molecule is O=S(=O)(c1ccc(F)cc1)N1CCN(Cc2ccc(Br)cc2)CC1. The highest BCUT2D eigenvalue weighted by Gasteiger charge is 2.28. The fraction of sp³-hybridized carbons (Fsp3) is 0.294. The minimum absolute atomic E-state index is 0.144. The van der Waals surface area contributed by atoms with Crippen molar-refractivity contribution >= 4 is 26.0 Å². The molecule has 2 aromatic rings. The molecule has 3 rings (SSSR count). The van der Waals surface area contributed by atoms with Crippen LogP contribution >= 0.6 is 15.9 Å². The Morgan fingerprint density at radius 3 is 2.08 bits per heavy atom. The zero-order valence-corrected chi connectivity index (χ0v) is 15.4. The highest BCUT2D eigenvalue weighted by molar-refractivity contribution is 9.10. The smallest absolute Gasteiger partial charge is 0.243 e. The van der Waals surface area contributed by atoms with Gasteiger partial charge in [0.05, 0.1) is 4.90 Å². The largest absolute Gasteiger partial charge is 0.296 e. The van der Waals surface area contributed by atoms with E-state index in [0.717, 1.165) is 11.0 Å². The summed E-state index contributed by atoms with van der Waals surface area (Å²) in [5.74, 6) is -0.437. The predicted molar refractivity (Wildman–Crippen MR) is 94.6 cm³/mol. The number of hydrogen-bond donors (Lipinski definition) is 0. The van der Waals surface area contributed by atoms with Crippen molar-refractivity contribution in [1.82, 2.24) is 9.21 Å². The van der Waals surface area contributed by atoms with E-state index in [1.165, 1.54) is 34.1 Å². The van der Waals surface area contributed by atoms with Crippen molar-refractivity contribution in [3.8, 4) is 0 Å². The molecule has 1 aliphatic heterocycles. The molecule has 1 aliphatic rings. The number of benzene rings is 2. The fourth-order valence-electron chi connectivity index (χ4n) is 2.73. The van der Waals surface area contributed by atoms with Crippen LogP contribution in [-0.2, 0) is 16.6 Å². The molecule has 0 radical (unpaired) electrons. The number of sulfonamides is 1. The highest BCUT2D eigenvalue weighted by Crippen LogP contribution is 2.19. The highest BCUT2D eigenvalue weighted by atomic mass is 79.9. The first-order valence-electron chi connectivity index (χ1n) is 7.68. The number of nitrogens with zero attached hydrogens (tertiary/aromatic N) is 2. The molecule has 0 unspecified atom stereocenters. The van der Waals surface area contributed by atoms with Gasteiger partial charge in [-0.05, 0) is 42.0 Å². The van der Waals surface area contributed by atoms with Gasteiger partial charge in [-0.15, -0.1) is 0 Å². The Morgan fingerprint density at radius 1 is 0.917 bits per heavy atom. The standard InChI is InChI=1S/C17H18BrFN2O2S/c18-15-3-1-14(2-4-15)13-20-9-11-21(12-10-20)24(22,23)17-7-5-16(19)6-8-17/h1-8H,9-13H2. The quantitative estimate of drug-likeness (QED) is 0.774. The third-order valence-corrected chi connectivity index (χ3v) is 6.54. The van der Waals surface area contributed by atoms with Gasteiger partial charge in [-0.25, -0.2) is 12.8 Å². The minimum Gasteiger partial charge on any atom is -0.296 e. The zero-order valence-electron chi connectivity index (χ0n) is 13.0. The Kier molecular flexibility index (Phi) is 5.34. The van der Waals surface area contributed by atoms with E-state index in [9.17, 15) is 12.8 Å². The Balaban J connectivity index is 1.62. The van der Waals surface area contributed by atoms with Crippen molar-refractivity contribution in [2.24, 2.45) is 0 Å². The van der Waals surface area contributed by atoms with E-state index < -0.39 is 15.8 Å². The van der Waals surface area contributed by atoms with Crippen molar-refractivity contribution in [3.05, 3.63) is 64.4 Å². The van der Waals surface area contributed by atoms with E-state index >= 15 is 0 Å². The lowest BCUT2D eigenvalue weighted by molar-refractivity contribution is 0.181. The van der Waals surface area contributed by atoms with Crippen molar-refractivity contribution in [3.63, 3.8) is 0 Å². The predicted octanol–water partition coefficient (Wildman–Crippen LogP) is 3.09. The first kappa shape index (κ1) is 17.5. The third kappa shape index (κ3) is 4.03. The van der Waals surface area contributed by atoms with Crippen molar-refractivity contribution < 1.29 is 12.8 Å². The molecule has 4 nitrogen and oxygen atoms in total. The third-order valence-electron chi connectivity index (χ3n) is 4.10. The van der Waals surface area contributed by atoms with E-state index in [2.05, 4.69) is 33.0 Å². The maximum absolute atomic E-state index is 13.0. The van der Waals surface area contributed by atoms with E-state index in [-0.39, 0.29) is 4.90 Å². The maximum Gasteiger partial charge on any atom is 0.243 e. The number of piperazine rings is 1. The number of rotatable bonds is 4. The van der Waals surface area contributed by atoms with Crippen LogP contribution in [0.15, 0.2) is 57.9 Å². The second-order valence-electron chi connectivity index (χ2n) is 5.76. The van der Waals surface area contributed by atoms with E-state index in [1.54, 1.807) is 0 Å². The van der Waals surface area contributed by atoms with Crippen LogP contribution in [0, 0.1) is 5.82 Å². The van der Waals surface area contributed by atoms with Gasteiger partial charge in [0.1, 0.15) is 5.82 Å². The summed E-state index contributed by atoms with van der Waals surface area (Å²) in [4.78, 5) is 2.38. The van der Waals surface area contributed by atoms with Gasteiger partial charge in [-0.2, -0.15) is 4.31 Å². The van der Waals surface area contributed by atoms with Crippen LogP contribution in [0.1, 0.15) is 5.56 Å². The van der Waals surface area contributed by atoms with Crippen LogP contribution in [-0.4, -0.2) is 43.8 Å². The van der Waals surface area contributed by atoms with Gasteiger partial charge in [0, 0.05) is 37.2 Å². The molecule has 7 heteroatoms. The molecule has 0 aliphatic carbocycles. The summed E-state index contributed by atoms with van der Waals surface area (Å²) < 4.78 is 40.7. The molecule has 1 fully saturated rings. The number of hydrogen-bond acceptors (Lipinski definition) is 3. The van der Waals surface area contributed by atoms with E-state index in [0.29, 0.717) is 26.2 Å². The summed E-state index contributed by atoms with van der Waals surface area (Å²) in [7, 11) is -3.55. The molecule has 2 aromatic carbocycles. The van der Waals surface area contributed by atoms with Gasteiger partial charge < -0.3 is 0 Å². The lowest BCUT2D eigenvalue weighted by Gasteiger charge is -2.34. The van der Waals surface area contributed by atoms with Gasteiger partial charge >= 0.3 is 0 Å². The summed E-state index contributed by atoms with van der Waals surface area (Å²) in [5, 5.41) is 0. The van der Waals surface area contributed by atoms with Gasteiger partial charge in [-0.1, -0.05) is 28.1 Å². The van der Waals surface area contributed by atoms with E-state index in [4.69, 9.17) is 0 Å². The normalized spacial score (nSPS) is 17.1. The molecule has 0 amide bonds. The molecule has 24 heavy (non-hydrogen) atoms. The number of halogens is 2. The zero-order chi connectivity index (χ0) is 17.2. The summed E-state index contributed by atoms with van der Waals surface area (Å²) >= 11 is 3.42. The van der Waals surface area contributed by atoms with Crippen molar-refractivity contribution in [2.45, 2.75) is 11.4 Å². The Morgan fingerprint density at radius 2 is 1.50 bits per heavy atom. The molecule has 128 valence electrons. The second kappa shape index (κ2) is 7.31. The van der Waals surface area contributed by atoms with Crippen molar-refractivity contribution in [1.29, 1.82) is 0 Å². The lowest BCUT2D eigenvalue weighted by Crippen LogP contribution is -2.48. The Bertz CT molecular complexity index is 786. The molecule has 0 aromatic heterocycles. The first-order chi connectivity index (χ1) is 11.4. The molecular weight excluding hydrogens is 395 g/mol. The summed E-state index contributed by atoms with van der Waals surface area (Å²) in [6.07, 6.45) is 0. The molecule has 0 spiro atoms. The first-order valence-corrected chi connectivity index (χ1v) is 9.91. The van der Waals surface area contributed by atoms with Crippen LogP contribution in [0.25, 0.3) is 0 Å². The minimum atomic E-state index is -3.55. The van der Waals surface area contributed by atoms with Gasteiger partial charge in [-0.3, -0.25) is 4.90 Å². The van der Waals surface area contributed by atoms with E-state index in [1.807, 2.05) is 12.1 Å². The topological polar surface area (TPSA) is 40.6 Å². The average molecular weight is 413 g/mol. The molecule has 1 heterocycles.